The van der Waals surface area contributed by atoms with Crippen molar-refractivity contribution in [1.82, 2.24) is 0 Å². The van der Waals surface area contributed by atoms with Crippen molar-refractivity contribution in [2.24, 2.45) is 0 Å². The second kappa shape index (κ2) is 3.29. The number of nitrogen functional groups attached to an aromatic ring is 1. The first-order chi connectivity index (χ1) is 6.72. The Morgan fingerprint density at radius 3 is 2.71 bits per heavy atom. The van der Waals surface area contributed by atoms with Gasteiger partial charge in [-0.05, 0) is 41.0 Å². The van der Waals surface area contributed by atoms with Gasteiger partial charge in [0.15, 0.2) is 0 Å². The second-order valence-corrected chi connectivity index (χ2v) is 3.36. The van der Waals surface area contributed by atoms with Crippen LogP contribution in [0.2, 0.25) is 0 Å². The normalized spacial score (nSPS) is 10.7. The third-order valence-corrected chi connectivity index (χ3v) is 2.45. The van der Waals surface area contributed by atoms with Crippen molar-refractivity contribution in [1.29, 1.82) is 0 Å². The van der Waals surface area contributed by atoms with Crippen LogP contribution in [0, 0.1) is 5.82 Å². The van der Waals surface area contributed by atoms with Crippen LogP contribution in [-0.2, 0) is 6.42 Å². The van der Waals surface area contributed by atoms with E-state index < -0.39 is 0 Å². The van der Waals surface area contributed by atoms with E-state index in [0.717, 1.165) is 16.3 Å². The fraction of sp³-hybridized carbons (Fsp3) is 0.167. The number of hydrogen-bond donors (Lipinski definition) is 1. The maximum absolute atomic E-state index is 13.4. The number of halogens is 1. The lowest BCUT2D eigenvalue weighted by molar-refractivity contribution is 0.615. The van der Waals surface area contributed by atoms with Crippen LogP contribution in [-0.4, -0.2) is 0 Å². The molecular weight excluding hydrogens is 177 g/mol. The van der Waals surface area contributed by atoms with E-state index >= 15 is 0 Å². The summed E-state index contributed by atoms with van der Waals surface area (Å²) in [6.45, 7) is 1.95. The molecule has 1 nitrogen and oxygen atoms in total. The Hall–Kier alpha value is -1.57. The molecule has 2 aromatic carbocycles. The number of benzene rings is 2. The van der Waals surface area contributed by atoms with E-state index in [-0.39, 0.29) is 5.82 Å². The average Bonchev–Trinajstić information content (AvgIpc) is 2.18. The van der Waals surface area contributed by atoms with Crippen molar-refractivity contribution in [3.8, 4) is 0 Å². The molecule has 2 aromatic rings. The Morgan fingerprint density at radius 2 is 2.00 bits per heavy atom. The molecule has 0 aromatic heterocycles. The highest BCUT2D eigenvalue weighted by molar-refractivity contribution is 5.88. The Morgan fingerprint density at radius 1 is 1.21 bits per heavy atom. The fourth-order valence-corrected chi connectivity index (χ4v) is 1.75. The quantitative estimate of drug-likeness (QED) is 0.685. The first kappa shape index (κ1) is 9.00. The Bertz CT molecular complexity index is 477. The lowest BCUT2D eigenvalue weighted by Crippen LogP contribution is -1.91. The molecule has 14 heavy (non-hydrogen) atoms. The molecule has 72 valence electrons. The Balaban J connectivity index is 2.82. The Labute approximate surface area is 82.3 Å². The molecule has 2 N–H and O–H groups in total. The van der Waals surface area contributed by atoms with Gasteiger partial charge in [0.2, 0.25) is 0 Å². The van der Waals surface area contributed by atoms with Crippen molar-refractivity contribution >= 4 is 16.5 Å². The molecule has 0 aliphatic carbocycles. The van der Waals surface area contributed by atoms with E-state index in [9.17, 15) is 4.39 Å². The van der Waals surface area contributed by atoms with Crippen LogP contribution in [0.15, 0.2) is 30.3 Å². The van der Waals surface area contributed by atoms with Crippen LogP contribution in [0.3, 0.4) is 0 Å². The lowest BCUT2D eigenvalue weighted by atomic mass is 10.0. The largest absolute Gasteiger partial charge is 0.399 e. The first-order valence-electron chi connectivity index (χ1n) is 4.69. The van der Waals surface area contributed by atoms with E-state index in [1.165, 1.54) is 6.07 Å². The molecule has 0 unspecified atom stereocenters. The molecule has 0 aliphatic heterocycles. The fourth-order valence-electron chi connectivity index (χ4n) is 1.75. The molecule has 2 heteroatoms. The van der Waals surface area contributed by atoms with Crippen molar-refractivity contribution in [2.75, 3.05) is 5.73 Å². The smallest absolute Gasteiger partial charge is 0.127 e. The van der Waals surface area contributed by atoms with E-state index in [4.69, 9.17) is 5.73 Å². The van der Waals surface area contributed by atoms with Crippen LogP contribution in [0.1, 0.15) is 12.5 Å². The molecule has 0 atom stereocenters. The first-order valence-corrected chi connectivity index (χ1v) is 4.69. The number of hydrogen-bond acceptors (Lipinski definition) is 1. The summed E-state index contributed by atoms with van der Waals surface area (Å²) in [5, 5.41) is 1.96. The highest BCUT2D eigenvalue weighted by atomic mass is 19.1. The zero-order valence-electron chi connectivity index (χ0n) is 8.05. The summed E-state index contributed by atoms with van der Waals surface area (Å²) in [4.78, 5) is 0. The summed E-state index contributed by atoms with van der Waals surface area (Å²) >= 11 is 0. The van der Waals surface area contributed by atoms with Crippen LogP contribution < -0.4 is 5.73 Å². The number of anilines is 1. The minimum absolute atomic E-state index is 0.134. The van der Waals surface area contributed by atoms with Gasteiger partial charge in [-0.25, -0.2) is 4.39 Å². The predicted octanol–water partition coefficient (Wildman–Crippen LogP) is 3.12. The summed E-state index contributed by atoms with van der Waals surface area (Å²) < 4.78 is 13.4. The minimum Gasteiger partial charge on any atom is -0.399 e. The van der Waals surface area contributed by atoms with Crippen LogP contribution in [0.5, 0.6) is 0 Å². The van der Waals surface area contributed by atoms with Gasteiger partial charge >= 0.3 is 0 Å². The summed E-state index contributed by atoms with van der Waals surface area (Å²) in [5.41, 5.74) is 7.14. The summed E-state index contributed by atoms with van der Waals surface area (Å²) in [6.07, 6.45) is 0.701. The molecule has 0 radical (unpaired) electrons. The number of rotatable bonds is 1. The lowest BCUT2D eigenvalue weighted by Gasteiger charge is -2.06. The van der Waals surface area contributed by atoms with Gasteiger partial charge in [-0.1, -0.05) is 19.1 Å². The van der Waals surface area contributed by atoms with Gasteiger partial charge in [0.1, 0.15) is 5.82 Å². The molecule has 0 spiro atoms. The predicted molar refractivity (Wildman–Crippen MR) is 57.7 cm³/mol. The summed E-state index contributed by atoms with van der Waals surface area (Å²) in [5.74, 6) is -0.134. The van der Waals surface area contributed by atoms with Gasteiger partial charge in [-0.3, -0.25) is 0 Å². The SMILES string of the molecule is CCc1c(F)ccc2cc(N)ccc12. The van der Waals surface area contributed by atoms with Crippen molar-refractivity contribution in [3.63, 3.8) is 0 Å². The molecule has 0 heterocycles. The third-order valence-electron chi connectivity index (χ3n) is 2.45. The molecule has 2 rings (SSSR count). The topological polar surface area (TPSA) is 26.0 Å². The van der Waals surface area contributed by atoms with Crippen LogP contribution in [0.25, 0.3) is 10.8 Å². The second-order valence-electron chi connectivity index (χ2n) is 3.36. The average molecular weight is 189 g/mol. The molecule has 0 amide bonds. The van der Waals surface area contributed by atoms with Crippen molar-refractivity contribution in [2.45, 2.75) is 13.3 Å². The molecule has 0 fully saturated rings. The van der Waals surface area contributed by atoms with E-state index in [2.05, 4.69) is 0 Å². The molecule has 0 bridgehead atoms. The molecule has 0 saturated carbocycles. The van der Waals surface area contributed by atoms with Gasteiger partial charge in [-0.2, -0.15) is 0 Å². The van der Waals surface area contributed by atoms with Gasteiger partial charge in [0.05, 0.1) is 0 Å². The summed E-state index contributed by atoms with van der Waals surface area (Å²) in [6, 6.07) is 8.82. The summed E-state index contributed by atoms with van der Waals surface area (Å²) in [7, 11) is 0. The number of aryl methyl sites for hydroxylation is 1. The monoisotopic (exact) mass is 189 g/mol. The molecule has 0 aliphatic rings. The number of nitrogens with two attached hydrogens (primary N) is 1. The Kier molecular flexibility index (Phi) is 2.12. The van der Waals surface area contributed by atoms with Gasteiger partial charge < -0.3 is 5.73 Å². The van der Waals surface area contributed by atoms with Crippen LogP contribution >= 0.6 is 0 Å². The highest BCUT2D eigenvalue weighted by Gasteiger charge is 2.05. The maximum atomic E-state index is 13.4. The van der Waals surface area contributed by atoms with Crippen molar-refractivity contribution < 1.29 is 4.39 Å². The van der Waals surface area contributed by atoms with E-state index in [1.807, 2.05) is 19.1 Å². The van der Waals surface area contributed by atoms with Gasteiger partial charge in [0.25, 0.3) is 0 Å². The van der Waals surface area contributed by atoms with E-state index in [1.54, 1.807) is 12.1 Å². The molecule has 0 saturated heterocycles. The van der Waals surface area contributed by atoms with Gasteiger partial charge in [-0.15, -0.1) is 0 Å². The number of fused-ring (bicyclic) bond motifs is 1. The third kappa shape index (κ3) is 1.33. The molecular formula is C12H12FN. The minimum atomic E-state index is -0.134. The van der Waals surface area contributed by atoms with Crippen LogP contribution in [0.4, 0.5) is 10.1 Å². The maximum Gasteiger partial charge on any atom is 0.127 e. The highest BCUT2D eigenvalue weighted by Crippen LogP contribution is 2.23. The zero-order valence-corrected chi connectivity index (χ0v) is 8.05. The van der Waals surface area contributed by atoms with Crippen molar-refractivity contribution in [3.05, 3.63) is 41.7 Å². The standard InChI is InChI=1S/C12H12FN/c1-2-10-11-5-4-9(14)7-8(11)3-6-12(10)13/h3-7H,2,14H2,1H3. The van der Waals surface area contributed by atoms with Gasteiger partial charge in [0, 0.05) is 5.69 Å². The zero-order chi connectivity index (χ0) is 10.1. The van der Waals surface area contributed by atoms with E-state index in [0.29, 0.717) is 12.1 Å².